The van der Waals surface area contributed by atoms with E-state index in [-0.39, 0.29) is 11.4 Å². The van der Waals surface area contributed by atoms with Crippen LogP contribution in [-0.2, 0) is 30.2 Å². The lowest BCUT2D eigenvalue weighted by molar-refractivity contribution is 0.577. The van der Waals surface area contributed by atoms with Gasteiger partial charge in [0.25, 0.3) is 0 Å². The van der Waals surface area contributed by atoms with Crippen molar-refractivity contribution in [2.24, 2.45) is 7.05 Å². The summed E-state index contributed by atoms with van der Waals surface area (Å²) >= 11 is 3.29. The molecule has 1 aromatic carbocycles. The number of rotatable bonds is 6. The largest absolute Gasteiger partial charge is 0.337 e. The number of benzene rings is 1. The molecule has 0 amide bonds. The smallest absolute Gasteiger partial charge is 0.242 e. The van der Waals surface area contributed by atoms with E-state index in [2.05, 4.69) is 31.0 Å². The fourth-order valence-electron chi connectivity index (χ4n) is 1.87. The Morgan fingerprint density at radius 1 is 1.33 bits per heavy atom. The van der Waals surface area contributed by atoms with Gasteiger partial charge in [-0.25, -0.2) is 18.1 Å². The lowest BCUT2D eigenvalue weighted by Gasteiger charge is -2.10. The summed E-state index contributed by atoms with van der Waals surface area (Å²) in [6.45, 7) is 0.754. The molecule has 21 heavy (non-hydrogen) atoms. The average Bonchev–Trinajstić information content (AvgIpc) is 2.84. The highest BCUT2D eigenvalue weighted by molar-refractivity contribution is 9.10. The number of halogens is 1. The molecule has 2 rings (SSSR count). The third kappa shape index (κ3) is 3.91. The van der Waals surface area contributed by atoms with Crippen molar-refractivity contribution in [3.05, 3.63) is 46.5 Å². The van der Waals surface area contributed by atoms with E-state index in [4.69, 9.17) is 0 Å². The van der Waals surface area contributed by atoms with E-state index in [9.17, 15) is 8.42 Å². The second-order valence-corrected chi connectivity index (χ2v) is 7.16. The summed E-state index contributed by atoms with van der Waals surface area (Å²) in [5.74, 6) is 0.654. The van der Waals surface area contributed by atoms with Crippen molar-refractivity contribution in [1.82, 2.24) is 19.6 Å². The summed E-state index contributed by atoms with van der Waals surface area (Å²) in [4.78, 5) is 4.32. The van der Waals surface area contributed by atoms with Crippen LogP contribution in [0, 0.1) is 0 Å². The molecular formula is C13H17BrN4O2S. The molecule has 114 valence electrons. The number of aromatic nitrogens is 2. The molecule has 1 aromatic heterocycles. The third-order valence-electron chi connectivity index (χ3n) is 3.01. The Balaban J connectivity index is 2.22. The molecule has 0 saturated carbocycles. The third-order valence-corrected chi connectivity index (χ3v) is 5.40. The van der Waals surface area contributed by atoms with Gasteiger partial charge in [-0.05, 0) is 40.7 Å². The molecule has 0 bridgehead atoms. The maximum absolute atomic E-state index is 12.4. The molecule has 0 aliphatic heterocycles. The Kier molecular flexibility index (Phi) is 5.15. The molecule has 1 heterocycles. The molecule has 2 aromatic rings. The fraction of sp³-hybridized carbons (Fsp3) is 0.308. The van der Waals surface area contributed by atoms with Gasteiger partial charge < -0.3 is 9.88 Å². The van der Waals surface area contributed by atoms with Gasteiger partial charge in [0.2, 0.25) is 10.0 Å². The van der Waals surface area contributed by atoms with E-state index in [1.807, 2.05) is 20.2 Å². The summed E-state index contributed by atoms with van der Waals surface area (Å²) in [5.41, 5.74) is 0.901. The highest BCUT2D eigenvalue weighted by Crippen LogP contribution is 2.23. The first-order valence-corrected chi connectivity index (χ1v) is 8.60. The van der Waals surface area contributed by atoms with Crippen molar-refractivity contribution >= 4 is 26.0 Å². The fourth-order valence-corrected chi connectivity index (χ4v) is 3.86. The van der Waals surface area contributed by atoms with E-state index in [1.165, 1.54) is 0 Å². The monoisotopic (exact) mass is 372 g/mol. The molecule has 0 atom stereocenters. The van der Waals surface area contributed by atoms with E-state index in [0.717, 1.165) is 5.56 Å². The van der Waals surface area contributed by atoms with Crippen LogP contribution in [0.3, 0.4) is 0 Å². The summed E-state index contributed by atoms with van der Waals surface area (Å²) in [5, 5.41) is 3.00. The molecule has 0 spiro atoms. The lowest BCUT2D eigenvalue weighted by Crippen LogP contribution is -2.25. The molecule has 0 fully saturated rings. The topological polar surface area (TPSA) is 76.0 Å². The Bertz CT molecular complexity index is 728. The number of imidazole rings is 1. The van der Waals surface area contributed by atoms with Gasteiger partial charge in [-0.15, -0.1) is 0 Å². The Morgan fingerprint density at radius 3 is 2.71 bits per heavy atom. The van der Waals surface area contributed by atoms with Gasteiger partial charge in [0.05, 0.1) is 11.4 Å². The quantitative estimate of drug-likeness (QED) is 0.802. The van der Waals surface area contributed by atoms with Crippen LogP contribution in [0.25, 0.3) is 0 Å². The second-order valence-electron chi connectivity index (χ2n) is 4.57. The van der Waals surface area contributed by atoms with E-state index in [1.54, 1.807) is 29.1 Å². The van der Waals surface area contributed by atoms with Gasteiger partial charge in [0.15, 0.2) is 0 Å². The number of hydrogen-bond donors (Lipinski definition) is 2. The van der Waals surface area contributed by atoms with E-state index in [0.29, 0.717) is 16.8 Å². The number of aryl methyl sites for hydroxylation is 1. The molecule has 0 unspecified atom stereocenters. The van der Waals surface area contributed by atoms with Crippen molar-refractivity contribution in [2.75, 3.05) is 7.05 Å². The predicted octanol–water partition coefficient (Wildman–Crippen LogP) is 1.38. The highest BCUT2D eigenvalue weighted by atomic mass is 79.9. The molecule has 0 aliphatic carbocycles. The summed E-state index contributed by atoms with van der Waals surface area (Å²) in [6.07, 6.45) is 3.40. The zero-order valence-corrected chi connectivity index (χ0v) is 14.2. The maximum Gasteiger partial charge on any atom is 0.242 e. The number of sulfonamides is 1. The van der Waals surface area contributed by atoms with Crippen LogP contribution < -0.4 is 10.0 Å². The standard InChI is InChI=1S/C13H17BrN4O2S/c1-15-8-10-3-4-11(14)12(7-10)21(19,20)17-9-13-16-5-6-18(13)2/h3-7,15,17H,8-9H2,1-2H3. The molecule has 0 aliphatic rings. The van der Waals surface area contributed by atoms with Gasteiger partial charge in [-0.1, -0.05) is 6.07 Å². The van der Waals surface area contributed by atoms with Crippen LogP contribution >= 0.6 is 15.9 Å². The predicted molar refractivity (Wildman–Crippen MR) is 84.1 cm³/mol. The minimum absolute atomic E-state index is 0.147. The van der Waals surface area contributed by atoms with Crippen molar-refractivity contribution in [2.45, 2.75) is 18.0 Å². The molecule has 0 radical (unpaired) electrons. The minimum Gasteiger partial charge on any atom is -0.337 e. The Morgan fingerprint density at radius 2 is 2.10 bits per heavy atom. The number of hydrogen-bond acceptors (Lipinski definition) is 4. The minimum atomic E-state index is -3.60. The van der Waals surface area contributed by atoms with Crippen LogP contribution in [0.5, 0.6) is 0 Å². The van der Waals surface area contributed by atoms with Gasteiger partial charge in [-0.3, -0.25) is 0 Å². The van der Waals surface area contributed by atoms with Crippen LogP contribution in [0.2, 0.25) is 0 Å². The molecular weight excluding hydrogens is 356 g/mol. The lowest BCUT2D eigenvalue weighted by atomic mass is 10.2. The molecule has 8 heteroatoms. The summed E-state index contributed by atoms with van der Waals surface area (Å²) in [6, 6.07) is 5.27. The summed E-state index contributed by atoms with van der Waals surface area (Å²) < 4.78 is 29.7. The molecule has 0 saturated heterocycles. The average molecular weight is 373 g/mol. The first kappa shape index (κ1) is 16.2. The normalized spacial score (nSPS) is 11.8. The Labute approximate surface area is 132 Å². The van der Waals surface area contributed by atoms with Crippen LogP contribution in [-0.4, -0.2) is 25.0 Å². The van der Waals surface area contributed by atoms with Crippen LogP contribution in [0.15, 0.2) is 40.0 Å². The first-order valence-electron chi connectivity index (χ1n) is 6.33. The molecule has 6 nitrogen and oxygen atoms in total. The van der Waals surface area contributed by atoms with Crippen molar-refractivity contribution < 1.29 is 8.42 Å². The van der Waals surface area contributed by atoms with Gasteiger partial charge in [-0.2, -0.15) is 0 Å². The first-order chi connectivity index (χ1) is 9.94. The van der Waals surface area contributed by atoms with Gasteiger partial charge in [0, 0.05) is 30.5 Å². The van der Waals surface area contributed by atoms with Crippen molar-refractivity contribution in [3.63, 3.8) is 0 Å². The van der Waals surface area contributed by atoms with E-state index < -0.39 is 10.0 Å². The zero-order valence-electron chi connectivity index (χ0n) is 11.8. The van der Waals surface area contributed by atoms with Crippen molar-refractivity contribution in [1.29, 1.82) is 0 Å². The zero-order chi connectivity index (χ0) is 15.5. The highest BCUT2D eigenvalue weighted by Gasteiger charge is 2.18. The van der Waals surface area contributed by atoms with E-state index >= 15 is 0 Å². The maximum atomic E-state index is 12.4. The van der Waals surface area contributed by atoms with Crippen molar-refractivity contribution in [3.8, 4) is 0 Å². The van der Waals surface area contributed by atoms with Crippen LogP contribution in [0.4, 0.5) is 0 Å². The Hall–Kier alpha value is -1.22. The second kappa shape index (κ2) is 6.69. The van der Waals surface area contributed by atoms with Gasteiger partial charge in [0.1, 0.15) is 5.82 Å². The van der Waals surface area contributed by atoms with Gasteiger partial charge >= 0.3 is 0 Å². The van der Waals surface area contributed by atoms with Crippen LogP contribution in [0.1, 0.15) is 11.4 Å². The SMILES string of the molecule is CNCc1ccc(Br)c(S(=O)(=O)NCc2nccn2C)c1. The molecule has 2 N–H and O–H groups in total. The number of nitrogens with one attached hydrogen (secondary N) is 2. The number of nitrogens with zero attached hydrogens (tertiary/aromatic N) is 2. The summed E-state index contributed by atoms with van der Waals surface area (Å²) in [7, 11) is 0.0320.